The molecule has 0 unspecified atom stereocenters. The van der Waals surface area contributed by atoms with Crippen molar-refractivity contribution in [3.8, 4) is 17.2 Å². The van der Waals surface area contributed by atoms with Crippen LogP contribution in [-0.2, 0) is 4.74 Å². The molecule has 0 N–H and O–H groups in total. The van der Waals surface area contributed by atoms with Gasteiger partial charge in [-0.05, 0) is 54.8 Å². The molecule has 5 nitrogen and oxygen atoms in total. The van der Waals surface area contributed by atoms with Crippen molar-refractivity contribution in [3.05, 3.63) is 59.7 Å². The second kappa shape index (κ2) is 10.0. The third-order valence-electron chi connectivity index (χ3n) is 5.21. The van der Waals surface area contributed by atoms with E-state index < -0.39 is 0 Å². The van der Waals surface area contributed by atoms with E-state index in [1.807, 2.05) is 53.4 Å². The highest BCUT2D eigenvalue weighted by atomic mass is 16.5. The average molecular weight is 377 g/mol. The molecular weight excluding hydrogens is 350 g/mol. The Morgan fingerprint density at radius 2 is 1.57 bits per heavy atom. The molecule has 3 rings (SSSR count). The van der Waals surface area contributed by atoms with Crippen LogP contribution < -0.4 is 0 Å². The predicted molar refractivity (Wildman–Crippen MR) is 110 cm³/mol. The molecule has 0 saturated carbocycles. The Bertz CT molecular complexity index is 801. The lowest BCUT2D eigenvalue weighted by Crippen LogP contribution is -2.48. The van der Waals surface area contributed by atoms with Crippen molar-refractivity contribution in [2.24, 2.45) is 0 Å². The second-order valence-corrected chi connectivity index (χ2v) is 7.10. The minimum Gasteiger partial charge on any atom is -0.385 e. The van der Waals surface area contributed by atoms with Crippen LogP contribution in [0.4, 0.5) is 0 Å². The third-order valence-corrected chi connectivity index (χ3v) is 5.21. The maximum absolute atomic E-state index is 12.8. The first kappa shape index (κ1) is 20.1. The van der Waals surface area contributed by atoms with E-state index in [9.17, 15) is 4.79 Å². The fourth-order valence-corrected chi connectivity index (χ4v) is 3.48. The molecule has 0 radical (unpaired) electrons. The van der Waals surface area contributed by atoms with E-state index in [2.05, 4.69) is 11.0 Å². The number of carbonyl (C=O) groups is 1. The van der Waals surface area contributed by atoms with Crippen molar-refractivity contribution in [1.29, 1.82) is 5.26 Å². The predicted octanol–water partition coefficient (Wildman–Crippen LogP) is 3.41. The summed E-state index contributed by atoms with van der Waals surface area (Å²) in [5.41, 5.74) is 3.46. The van der Waals surface area contributed by atoms with E-state index in [-0.39, 0.29) is 5.91 Å². The highest BCUT2D eigenvalue weighted by Crippen LogP contribution is 2.21. The van der Waals surface area contributed by atoms with Gasteiger partial charge in [-0.1, -0.05) is 24.3 Å². The molecule has 1 fully saturated rings. The zero-order chi connectivity index (χ0) is 19.8. The van der Waals surface area contributed by atoms with E-state index in [4.69, 9.17) is 10.00 Å². The first-order valence-corrected chi connectivity index (χ1v) is 9.82. The van der Waals surface area contributed by atoms with E-state index in [0.29, 0.717) is 5.56 Å². The standard InChI is InChI=1S/C23H27N3O2/c1-28-17-3-2-12-25-13-15-26(16-14-25)23(27)22-10-8-21(9-11-22)20-6-4-19(18-24)5-7-20/h4-11H,2-3,12-17H2,1H3. The number of carbonyl (C=O) groups excluding carboxylic acids is 1. The van der Waals surface area contributed by atoms with Gasteiger partial charge in [-0.15, -0.1) is 0 Å². The number of unbranched alkanes of at least 4 members (excludes halogenated alkanes) is 1. The number of hydrogen-bond donors (Lipinski definition) is 0. The summed E-state index contributed by atoms with van der Waals surface area (Å²) in [4.78, 5) is 17.2. The zero-order valence-electron chi connectivity index (χ0n) is 16.4. The van der Waals surface area contributed by atoms with Crippen LogP contribution >= 0.6 is 0 Å². The minimum atomic E-state index is 0.102. The molecule has 0 bridgehead atoms. The van der Waals surface area contributed by atoms with Gasteiger partial charge in [0, 0.05) is 45.5 Å². The first-order valence-electron chi connectivity index (χ1n) is 9.82. The van der Waals surface area contributed by atoms with Gasteiger partial charge in [0.05, 0.1) is 11.6 Å². The molecule has 28 heavy (non-hydrogen) atoms. The summed E-state index contributed by atoms with van der Waals surface area (Å²) < 4.78 is 5.09. The van der Waals surface area contributed by atoms with Gasteiger partial charge in [0.1, 0.15) is 0 Å². The van der Waals surface area contributed by atoms with Crippen molar-refractivity contribution in [2.45, 2.75) is 12.8 Å². The van der Waals surface area contributed by atoms with E-state index in [1.165, 1.54) is 0 Å². The molecule has 0 atom stereocenters. The molecule has 1 saturated heterocycles. The van der Waals surface area contributed by atoms with Crippen LogP contribution in [0.15, 0.2) is 48.5 Å². The first-order chi connectivity index (χ1) is 13.7. The Kier molecular flexibility index (Phi) is 7.18. The third kappa shape index (κ3) is 5.19. The van der Waals surface area contributed by atoms with Crippen LogP contribution in [0.5, 0.6) is 0 Å². The number of hydrogen-bond acceptors (Lipinski definition) is 4. The van der Waals surface area contributed by atoms with Crippen molar-refractivity contribution >= 4 is 5.91 Å². The Hall–Kier alpha value is -2.68. The highest BCUT2D eigenvalue weighted by molar-refractivity contribution is 5.94. The average Bonchev–Trinajstić information content (AvgIpc) is 2.77. The Balaban J connectivity index is 1.53. The zero-order valence-corrected chi connectivity index (χ0v) is 16.4. The topological polar surface area (TPSA) is 56.6 Å². The molecule has 146 valence electrons. The second-order valence-electron chi connectivity index (χ2n) is 7.10. The summed E-state index contributed by atoms with van der Waals surface area (Å²) in [7, 11) is 1.74. The molecule has 5 heteroatoms. The fraction of sp³-hybridized carbons (Fsp3) is 0.391. The van der Waals surface area contributed by atoms with Crippen LogP contribution in [0, 0.1) is 11.3 Å². The molecule has 1 aliphatic heterocycles. The van der Waals surface area contributed by atoms with Crippen molar-refractivity contribution < 1.29 is 9.53 Å². The lowest BCUT2D eigenvalue weighted by atomic mass is 10.0. The van der Waals surface area contributed by atoms with Crippen LogP contribution in [0.2, 0.25) is 0 Å². The molecule has 2 aromatic carbocycles. The molecule has 0 spiro atoms. The van der Waals surface area contributed by atoms with Gasteiger partial charge in [-0.2, -0.15) is 5.26 Å². The summed E-state index contributed by atoms with van der Waals surface area (Å²) in [5.74, 6) is 0.102. The molecule has 1 aliphatic rings. The van der Waals surface area contributed by atoms with Crippen molar-refractivity contribution in [1.82, 2.24) is 9.80 Å². The molecule has 1 amide bonds. The normalized spacial score (nSPS) is 14.6. The van der Waals surface area contributed by atoms with Gasteiger partial charge >= 0.3 is 0 Å². The maximum Gasteiger partial charge on any atom is 0.253 e. The fourth-order valence-electron chi connectivity index (χ4n) is 3.48. The number of rotatable bonds is 7. The van der Waals surface area contributed by atoms with Gasteiger partial charge in [0.25, 0.3) is 5.91 Å². The van der Waals surface area contributed by atoms with Crippen molar-refractivity contribution in [3.63, 3.8) is 0 Å². The summed E-state index contributed by atoms with van der Waals surface area (Å²) in [6, 6.07) is 17.3. The Morgan fingerprint density at radius 3 is 2.14 bits per heavy atom. The number of ether oxygens (including phenoxy) is 1. The number of benzene rings is 2. The smallest absolute Gasteiger partial charge is 0.253 e. The van der Waals surface area contributed by atoms with Gasteiger partial charge in [0.15, 0.2) is 0 Å². The van der Waals surface area contributed by atoms with E-state index >= 15 is 0 Å². The molecule has 1 heterocycles. The summed E-state index contributed by atoms with van der Waals surface area (Å²) in [6.07, 6.45) is 2.22. The van der Waals surface area contributed by atoms with Gasteiger partial charge in [-0.3, -0.25) is 9.69 Å². The highest BCUT2D eigenvalue weighted by Gasteiger charge is 2.21. The monoisotopic (exact) mass is 377 g/mol. The van der Waals surface area contributed by atoms with Gasteiger partial charge in [0.2, 0.25) is 0 Å². The van der Waals surface area contributed by atoms with Gasteiger partial charge < -0.3 is 9.64 Å². The van der Waals surface area contributed by atoms with Crippen LogP contribution in [0.1, 0.15) is 28.8 Å². The van der Waals surface area contributed by atoms with E-state index in [1.54, 1.807) is 7.11 Å². The van der Waals surface area contributed by atoms with Crippen LogP contribution in [-0.4, -0.2) is 62.1 Å². The van der Waals surface area contributed by atoms with Gasteiger partial charge in [-0.25, -0.2) is 0 Å². The Morgan fingerprint density at radius 1 is 0.964 bits per heavy atom. The summed E-state index contributed by atoms with van der Waals surface area (Å²) in [6.45, 7) is 5.31. The lowest BCUT2D eigenvalue weighted by Gasteiger charge is -2.34. The molecule has 2 aromatic rings. The summed E-state index contributed by atoms with van der Waals surface area (Å²) >= 11 is 0. The van der Waals surface area contributed by atoms with Crippen LogP contribution in [0.3, 0.4) is 0 Å². The summed E-state index contributed by atoms with van der Waals surface area (Å²) in [5, 5.41) is 8.90. The minimum absolute atomic E-state index is 0.102. The maximum atomic E-state index is 12.8. The number of methoxy groups -OCH3 is 1. The number of nitrogens with zero attached hydrogens (tertiary/aromatic N) is 3. The van der Waals surface area contributed by atoms with Crippen LogP contribution in [0.25, 0.3) is 11.1 Å². The molecule has 0 aromatic heterocycles. The SMILES string of the molecule is COCCCCN1CCN(C(=O)c2ccc(-c3ccc(C#N)cc3)cc2)CC1. The molecule has 0 aliphatic carbocycles. The van der Waals surface area contributed by atoms with E-state index in [0.717, 1.165) is 68.9 Å². The quantitative estimate of drug-likeness (QED) is 0.694. The van der Waals surface area contributed by atoms with Crippen molar-refractivity contribution in [2.75, 3.05) is 46.4 Å². The number of amides is 1. The largest absolute Gasteiger partial charge is 0.385 e. The Labute approximate surface area is 167 Å². The lowest BCUT2D eigenvalue weighted by molar-refractivity contribution is 0.0632. The molecular formula is C23H27N3O2. The number of piperazine rings is 1. The number of nitriles is 1.